The molecule has 0 fully saturated rings. The molecule has 8 N–H and O–H groups in total. The van der Waals surface area contributed by atoms with Crippen LogP contribution in [0.25, 0.3) is 0 Å². The summed E-state index contributed by atoms with van der Waals surface area (Å²) in [5.74, 6) is -8.75. The lowest BCUT2D eigenvalue weighted by molar-refractivity contribution is -0.150. The van der Waals surface area contributed by atoms with Crippen LogP contribution in [0.15, 0.2) is 0 Å². The Labute approximate surface area is 126 Å². The van der Waals surface area contributed by atoms with E-state index >= 15 is 0 Å². The minimum absolute atomic E-state index is 0.533. The van der Waals surface area contributed by atoms with Crippen molar-refractivity contribution >= 4 is 41.7 Å². The van der Waals surface area contributed by atoms with Crippen molar-refractivity contribution in [3.8, 4) is 0 Å². The van der Waals surface area contributed by atoms with Gasteiger partial charge in [-0.25, -0.2) is 19.2 Å². The molecule has 14 heteroatoms. The molecule has 1 aromatic rings. The quantitative estimate of drug-likeness (QED) is 0.241. The maximum atomic E-state index is 10.8. The van der Waals surface area contributed by atoms with E-state index in [4.69, 9.17) is 26.2 Å². The number of aromatic nitrogens is 3. The summed E-state index contributed by atoms with van der Waals surface area (Å²) in [5, 5.41) is 38.7. The highest BCUT2D eigenvalue weighted by molar-refractivity contribution is 6.00. The van der Waals surface area contributed by atoms with E-state index in [0.717, 1.165) is 0 Å². The third kappa shape index (κ3) is 4.66. The van der Waals surface area contributed by atoms with Crippen LogP contribution in [-0.4, -0.2) is 71.3 Å². The van der Waals surface area contributed by atoms with Crippen LogP contribution in [0, 0.1) is 0 Å². The Kier molecular flexibility index (Phi) is 5.15. The monoisotopic (exact) mass is 330 g/mol. The number of nitrogens with two attached hydrogens (primary N) is 1. The molecule has 0 unspecified atom stereocenters. The van der Waals surface area contributed by atoms with Gasteiger partial charge in [-0.3, -0.25) is 0 Å². The second kappa shape index (κ2) is 6.83. The number of rotatable bonds is 8. The molecule has 14 nitrogen and oxygen atoms in total. The first-order chi connectivity index (χ1) is 10.6. The fraction of sp³-hybridized carbons (Fsp3) is 0.222. The molecule has 0 aromatic carbocycles. The lowest BCUT2D eigenvalue weighted by Gasteiger charge is -2.13. The predicted octanol–water partition coefficient (Wildman–Crippen LogP) is -2.65. The fourth-order valence-electron chi connectivity index (χ4n) is 1.24. The molecule has 0 amide bonds. The molecule has 23 heavy (non-hydrogen) atoms. The standard InChI is InChI=1S/C9H10N6O8/c10-7-13-8(11-1(3(16)17)4(18)19)15-9(14-7)12-2(5(20)21)6(22)23/h1-2H,(H,16,17)(H,18,19)(H,20,21)(H,22,23)(H4,10,11,12,13,14,15). The lowest BCUT2D eigenvalue weighted by atomic mass is 10.3. The highest BCUT2D eigenvalue weighted by atomic mass is 16.4. The van der Waals surface area contributed by atoms with E-state index < -0.39 is 53.8 Å². The maximum Gasteiger partial charge on any atom is 0.338 e. The zero-order valence-electron chi connectivity index (χ0n) is 11.0. The zero-order valence-corrected chi connectivity index (χ0v) is 11.0. The summed E-state index contributed by atoms with van der Waals surface area (Å²) in [6.07, 6.45) is 0. The summed E-state index contributed by atoms with van der Waals surface area (Å²) in [6, 6.07) is -4.22. The van der Waals surface area contributed by atoms with Gasteiger partial charge in [0.25, 0.3) is 0 Å². The molecular formula is C9H10N6O8. The number of nitrogen functional groups attached to an aromatic ring is 1. The van der Waals surface area contributed by atoms with E-state index in [2.05, 4.69) is 15.0 Å². The van der Waals surface area contributed by atoms with Crippen molar-refractivity contribution in [2.75, 3.05) is 16.4 Å². The summed E-state index contributed by atoms with van der Waals surface area (Å²) >= 11 is 0. The molecule has 0 bridgehead atoms. The van der Waals surface area contributed by atoms with Crippen LogP contribution >= 0.6 is 0 Å². The van der Waals surface area contributed by atoms with Gasteiger partial charge in [0.15, 0.2) is 0 Å². The average Bonchev–Trinajstić information content (AvgIpc) is 2.40. The third-order valence-electron chi connectivity index (χ3n) is 2.19. The first kappa shape index (κ1) is 17.3. The van der Waals surface area contributed by atoms with Gasteiger partial charge in [-0.05, 0) is 0 Å². The summed E-state index contributed by atoms with van der Waals surface area (Å²) in [4.78, 5) is 53.3. The normalized spacial score (nSPS) is 10.3. The van der Waals surface area contributed by atoms with Gasteiger partial charge >= 0.3 is 23.9 Å². The zero-order chi connectivity index (χ0) is 17.7. The van der Waals surface area contributed by atoms with E-state index in [-0.39, 0.29) is 0 Å². The van der Waals surface area contributed by atoms with E-state index in [9.17, 15) is 19.2 Å². The van der Waals surface area contributed by atoms with Crippen LogP contribution in [0.3, 0.4) is 0 Å². The molecule has 0 spiro atoms. The number of anilines is 3. The average molecular weight is 330 g/mol. The van der Waals surface area contributed by atoms with Gasteiger partial charge in [0.2, 0.25) is 29.9 Å². The smallest absolute Gasteiger partial charge is 0.338 e. The van der Waals surface area contributed by atoms with Crippen LogP contribution in [0.2, 0.25) is 0 Å². The Morgan fingerprint density at radius 3 is 1.30 bits per heavy atom. The van der Waals surface area contributed by atoms with Crippen molar-refractivity contribution in [1.29, 1.82) is 0 Å². The van der Waals surface area contributed by atoms with E-state index in [1.54, 1.807) is 0 Å². The van der Waals surface area contributed by atoms with Gasteiger partial charge in [0.05, 0.1) is 0 Å². The molecule has 0 saturated heterocycles. The Bertz CT molecular complexity index is 583. The fourth-order valence-corrected chi connectivity index (χ4v) is 1.24. The van der Waals surface area contributed by atoms with Crippen LogP contribution in [0.4, 0.5) is 17.8 Å². The molecule has 0 aliphatic rings. The van der Waals surface area contributed by atoms with E-state index in [1.165, 1.54) is 0 Å². The molecule has 1 rings (SSSR count). The number of hydrogen-bond acceptors (Lipinski definition) is 10. The minimum atomic E-state index is -2.11. The lowest BCUT2D eigenvalue weighted by Crippen LogP contribution is -2.39. The Morgan fingerprint density at radius 1 is 0.739 bits per heavy atom. The van der Waals surface area contributed by atoms with Crippen molar-refractivity contribution in [3.05, 3.63) is 0 Å². The molecule has 0 aliphatic carbocycles. The number of aliphatic carboxylic acids is 4. The maximum absolute atomic E-state index is 10.8. The topological polar surface area (TPSA) is 238 Å². The second-order valence-corrected chi connectivity index (χ2v) is 3.85. The Hall–Kier alpha value is -3.71. The first-order valence-corrected chi connectivity index (χ1v) is 5.57. The van der Waals surface area contributed by atoms with Crippen molar-refractivity contribution in [2.24, 2.45) is 0 Å². The van der Waals surface area contributed by atoms with Crippen LogP contribution in [0.5, 0.6) is 0 Å². The van der Waals surface area contributed by atoms with Crippen LogP contribution in [-0.2, 0) is 19.2 Å². The highest BCUT2D eigenvalue weighted by Crippen LogP contribution is 2.10. The summed E-state index contributed by atoms with van der Waals surface area (Å²) < 4.78 is 0. The SMILES string of the molecule is Nc1nc(NC(C(=O)O)C(=O)O)nc(NC(C(=O)O)C(=O)O)n1. The van der Waals surface area contributed by atoms with Crippen LogP contribution in [0.1, 0.15) is 0 Å². The molecule has 0 radical (unpaired) electrons. The van der Waals surface area contributed by atoms with Crippen molar-refractivity contribution in [3.63, 3.8) is 0 Å². The highest BCUT2D eigenvalue weighted by Gasteiger charge is 2.29. The van der Waals surface area contributed by atoms with Gasteiger partial charge in [-0.15, -0.1) is 0 Å². The van der Waals surface area contributed by atoms with Crippen LogP contribution < -0.4 is 16.4 Å². The summed E-state index contributed by atoms with van der Waals surface area (Å²) in [6.45, 7) is 0. The molecule has 1 heterocycles. The number of carbonyl (C=O) groups is 4. The molecule has 0 saturated carbocycles. The van der Waals surface area contributed by atoms with Crippen molar-refractivity contribution in [2.45, 2.75) is 12.1 Å². The van der Waals surface area contributed by atoms with Crippen molar-refractivity contribution < 1.29 is 39.6 Å². The number of carboxylic acid groups (broad SMARTS) is 4. The van der Waals surface area contributed by atoms with Gasteiger partial charge in [-0.2, -0.15) is 15.0 Å². The summed E-state index contributed by atoms with van der Waals surface area (Å²) in [5.41, 5.74) is 5.28. The first-order valence-electron chi connectivity index (χ1n) is 5.57. The number of nitrogens with one attached hydrogen (secondary N) is 2. The van der Waals surface area contributed by atoms with Gasteiger partial charge in [0.1, 0.15) is 0 Å². The van der Waals surface area contributed by atoms with Gasteiger partial charge in [-0.1, -0.05) is 0 Å². The number of hydrogen-bond donors (Lipinski definition) is 7. The van der Waals surface area contributed by atoms with Gasteiger partial charge < -0.3 is 36.8 Å². The van der Waals surface area contributed by atoms with E-state index in [1.807, 2.05) is 10.6 Å². The summed E-state index contributed by atoms with van der Waals surface area (Å²) in [7, 11) is 0. The minimum Gasteiger partial charge on any atom is -0.479 e. The van der Waals surface area contributed by atoms with Crippen molar-refractivity contribution in [1.82, 2.24) is 15.0 Å². The van der Waals surface area contributed by atoms with Gasteiger partial charge in [0, 0.05) is 0 Å². The van der Waals surface area contributed by atoms with E-state index in [0.29, 0.717) is 0 Å². The molecule has 1 aromatic heterocycles. The number of carboxylic acids is 4. The largest absolute Gasteiger partial charge is 0.479 e. The third-order valence-corrected chi connectivity index (χ3v) is 2.19. The number of nitrogens with zero attached hydrogens (tertiary/aromatic N) is 3. The molecular weight excluding hydrogens is 320 g/mol. The predicted molar refractivity (Wildman–Crippen MR) is 69.6 cm³/mol. The molecule has 0 aliphatic heterocycles. The molecule has 0 atom stereocenters. The Morgan fingerprint density at radius 2 is 1.04 bits per heavy atom. The Balaban J connectivity index is 3.08. The second-order valence-electron chi connectivity index (χ2n) is 3.85. The molecule has 124 valence electrons.